The lowest BCUT2D eigenvalue weighted by molar-refractivity contribution is -0.751. The fraction of sp³-hybridized carbons (Fsp3) is 0.333. The van der Waals surface area contributed by atoms with E-state index in [9.17, 15) is 5.21 Å². The van der Waals surface area contributed by atoms with E-state index in [1.165, 1.54) is 18.4 Å². The molecular weight excluding hydrogens is 253 g/mol. The maximum atomic E-state index is 10.6. The second kappa shape index (κ2) is 2.86. The first kappa shape index (κ1) is 7.32. The highest BCUT2D eigenvalue weighted by atomic mass is 127. The van der Waals surface area contributed by atoms with Gasteiger partial charge in [-0.05, 0) is 33.9 Å². The van der Waals surface area contributed by atoms with Crippen molar-refractivity contribution >= 4 is 39.1 Å². The maximum Gasteiger partial charge on any atom is 0.305 e. The van der Waals surface area contributed by atoms with Crippen molar-refractivity contribution in [2.75, 3.05) is 7.05 Å². The van der Waals surface area contributed by atoms with Gasteiger partial charge in [-0.25, -0.2) is 0 Å². The lowest BCUT2D eigenvalue weighted by atomic mass is 11.1. The van der Waals surface area contributed by atoms with Gasteiger partial charge >= 0.3 is 5.13 Å². The van der Waals surface area contributed by atoms with E-state index in [1.807, 2.05) is 22.6 Å². The Labute approximate surface area is 69.6 Å². The number of aromatic nitrogens is 2. The second-order valence-electron chi connectivity index (χ2n) is 1.42. The molecule has 4 nitrogen and oxygen atoms in total. The number of hydrogen-bond acceptors (Lipinski definition) is 4. The molecule has 0 saturated carbocycles. The molecule has 6 heteroatoms. The largest absolute Gasteiger partial charge is 0.627 e. The summed E-state index contributed by atoms with van der Waals surface area (Å²) in [7, 11) is 1.48. The normalized spacial score (nSPS) is 13.7. The summed E-state index contributed by atoms with van der Waals surface area (Å²) in [6.07, 6.45) is 0. The van der Waals surface area contributed by atoms with Crippen molar-refractivity contribution in [1.82, 2.24) is 10.2 Å². The summed E-state index contributed by atoms with van der Waals surface area (Å²) in [5, 5.41) is 18.3. The van der Waals surface area contributed by atoms with Gasteiger partial charge in [-0.15, -0.1) is 5.10 Å². The molecule has 1 atom stereocenters. The van der Waals surface area contributed by atoms with Gasteiger partial charge in [0, 0.05) is 0 Å². The summed E-state index contributed by atoms with van der Waals surface area (Å²) in [5.41, 5.74) is 0. The Balaban J connectivity index is 2.85. The summed E-state index contributed by atoms with van der Waals surface area (Å²) in [4.78, 5) is 0. The van der Waals surface area contributed by atoms with E-state index in [0.29, 0.717) is 5.13 Å². The van der Waals surface area contributed by atoms with Crippen molar-refractivity contribution in [3.8, 4) is 0 Å². The third-order valence-corrected chi connectivity index (χ3v) is 2.39. The van der Waals surface area contributed by atoms with Gasteiger partial charge in [-0.3, -0.25) is 0 Å². The van der Waals surface area contributed by atoms with Gasteiger partial charge in [0.25, 0.3) is 0 Å². The summed E-state index contributed by atoms with van der Waals surface area (Å²) < 4.78 is 0.804. The molecule has 1 rings (SSSR count). The van der Waals surface area contributed by atoms with Crippen LogP contribution >= 0.6 is 33.9 Å². The molecule has 1 N–H and O–H groups in total. The molecule has 0 fully saturated rings. The highest BCUT2D eigenvalue weighted by Gasteiger charge is 2.03. The first-order chi connectivity index (χ1) is 4.20. The Hall–Kier alpha value is 0.210. The van der Waals surface area contributed by atoms with Crippen molar-refractivity contribution in [1.29, 1.82) is 0 Å². The number of rotatable bonds is 1. The van der Waals surface area contributed by atoms with Crippen LogP contribution in [0.1, 0.15) is 0 Å². The SMILES string of the molecule is C[NH+]([O-])c1nnc(I)s1. The minimum Gasteiger partial charge on any atom is -0.627 e. The molecule has 1 aromatic rings. The van der Waals surface area contributed by atoms with Gasteiger partial charge in [0.2, 0.25) is 0 Å². The van der Waals surface area contributed by atoms with E-state index in [2.05, 4.69) is 10.2 Å². The average Bonchev–Trinajstić information content (AvgIpc) is 2.14. The third-order valence-electron chi connectivity index (χ3n) is 0.702. The molecule has 0 aliphatic heterocycles. The van der Waals surface area contributed by atoms with E-state index < -0.39 is 0 Å². The van der Waals surface area contributed by atoms with Crippen molar-refractivity contribution in [3.63, 3.8) is 0 Å². The predicted molar refractivity (Wildman–Crippen MR) is 42.5 cm³/mol. The predicted octanol–water partition coefficient (Wildman–Crippen LogP) is -0.213. The zero-order chi connectivity index (χ0) is 6.85. The van der Waals surface area contributed by atoms with Crippen molar-refractivity contribution in [2.45, 2.75) is 0 Å². The molecule has 0 saturated heterocycles. The van der Waals surface area contributed by atoms with E-state index in [1.54, 1.807) is 0 Å². The molecule has 0 aliphatic carbocycles. The number of quaternary nitrogens is 1. The highest BCUT2D eigenvalue weighted by molar-refractivity contribution is 14.1. The van der Waals surface area contributed by atoms with Crippen LogP contribution in [-0.2, 0) is 0 Å². The van der Waals surface area contributed by atoms with Gasteiger partial charge in [0.1, 0.15) is 0 Å². The Morgan fingerprint density at radius 1 is 1.67 bits per heavy atom. The van der Waals surface area contributed by atoms with Crippen LogP contribution in [0, 0.1) is 8.22 Å². The first-order valence-electron chi connectivity index (χ1n) is 2.20. The fourth-order valence-corrected chi connectivity index (χ4v) is 1.55. The summed E-state index contributed by atoms with van der Waals surface area (Å²) in [6.45, 7) is 0. The van der Waals surface area contributed by atoms with Gasteiger partial charge in [-0.1, -0.05) is 5.10 Å². The number of nitrogens with one attached hydrogen (secondary N) is 1. The molecule has 50 valence electrons. The van der Waals surface area contributed by atoms with Crippen LogP contribution < -0.4 is 5.06 Å². The molecular formula is C3H4IN3OS. The zero-order valence-electron chi connectivity index (χ0n) is 4.59. The van der Waals surface area contributed by atoms with Crippen LogP contribution in [0.5, 0.6) is 0 Å². The van der Waals surface area contributed by atoms with Crippen molar-refractivity contribution in [3.05, 3.63) is 8.22 Å². The molecule has 1 unspecified atom stereocenters. The van der Waals surface area contributed by atoms with E-state index in [4.69, 9.17) is 0 Å². The Bertz CT molecular complexity index is 201. The number of hydroxylamine groups is 1. The molecule has 0 spiro atoms. The summed E-state index contributed by atoms with van der Waals surface area (Å²) in [6, 6.07) is 0. The van der Waals surface area contributed by atoms with Crippen LogP contribution in [0.4, 0.5) is 5.13 Å². The van der Waals surface area contributed by atoms with Gasteiger partial charge in [-0.2, -0.15) is 0 Å². The first-order valence-corrected chi connectivity index (χ1v) is 4.09. The lowest BCUT2D eigenvalue weighted by Gasteiger charge is -2.08. The van der Waals surface area contributed by atoms with Crippen LogP contribution in [-0.4, -0.2) is 17.2 Å². The van der Waals surface area contributed by atoms with Gasteiger partial charge < -0.3 is 10.3 Å². The molecule has 0 aliphatic rings. The van der Waals surface area contributed by atoms with E-state index in [0.717, 1.165) is 3.01 Å². The Morgan fingerprint density at radius 3 is 2.56 bits per heavy atom. The molecule has 0 amide bonds. The third kappa shape index (κ3) is 1.81. The fourth-order valence-electron chi connectivity index (χ4n) is 0.348. The minimum atomic E-state index is -0.0181. The molecule has 9 heavy (non-hydrogen) atoms. The highest BCUT2D eigenvalue weighted by Crippen LogP contribution is 2.11. The molecule has 1 aromatic heterocycles. The van der Waals surface area contributed by atoms with Crippen molar-refractivity contribution in [2.24, 2.45) is 0 Å². The second-order valence-corrected chi connectivity index (χ2v) is 4.15. The number of nitrogens with zero attached hydrogens (tertiary/aromatic N) is 2. The topological polar surface area (TPSA) is 53.3 Å². The van der Waals surface area contributed by atoms with Crippen molar-refractivity contribution < 1.29 is 5.06 Å². The minimum absolute atomic E-state index is 0.0181. The molecule has 1 heterocycles. The van der Waals surface area contributed by atoms with Crippen LogP contribution in [0.15, 0.2) is 0 Å². The van der Waals surface area contributed by atoms with Gasteiger partial charge in [0.05, 0.1) is 7.05 Å². The number of hydrogen-bond donors (Lipinski definition) is 1. The average molecular weight is 257 g/mol. The van der Waals surface area contributed by atoms with Crippen LogP contribution in [0.25, 0.3) is 0 Å². The quantitative estimate of drug-likeness (QED) is 0.559. The summed E-state index contributed by atoms with van der Waals surface area (Å²) >= 11 is 3.34. The monoisotopic (exact) mass is 257 g/mol. The lowest BCUT2D eigenvalue weighted by Crippen LogP contribution is -2.98. The van der Waals surface area contributed by atoms with Gasteiger partial charge in [0.15, 0.2) is 3.01 Å². The van der Waals surface area contributed by atoms with Crippen LogP contribution in [0.2, 0.25) is 0 Å². The zero-order valence-corrected chi connectivity index (χ0v) is 7.56. The molecule has 0 radical (unpaired) electrons. The Kier molecular flexibility index (Phi) is 2.33. The maximum absolute atomic E-state index is 10.6. The van der Waals surface area contributed by atoms with E-state index >= 15 is 0 Å². The molecule has 0 bridgehead atoms. The Morgan fingerprint density at radius 2 is 2.33 bits per heavy atom. The summed E-state index contributed by atoms with van der Waals surface area (Å²) in [5.74, 6) is 0. The smallest absolute Gasteiger partial charge is 0.305 e. The van der Waals surface area contributed by atoms with Crippen LogP contribution in [0.3, 0.4) is 0 Å². The standard InChI is InChI=1S/C3H4IN3OS/c1-7(8)3-6-5-2(4)9-3/h7H,1H3. The van der Waals surface area contributed by atoms with E-state index in [-0.39, 0.29) is 5.06 Å². The number of halogens is 1. The molecule has 0 aromatic carbocycles.